The first-order chi connectivity index (χ1) is 10.0. The van der Waals surface area contributed by atoms with Crippen LogP contribution in [0.25, 0.3) is 0 Å². The average molecular weight is 292 g/mol. The number of hydrogen-bond acceptors (Lipinski definition) is 4. The standard InChI is InChI=1S/C14H16N2O5/c1-21-8-7-15-14(20)10-3-2-4-11(9-10)16-12(17)5-6-13(18)19/h2-6,9H,7-8H2,1H3,(H,15,20)(H,16,17)(H,18,19). The van der Waals surface area contributed by atoms with Crippen LogP contribution in [0.5, 0.6) is 0 Å². The quantitative estimate of drug-likeness (QED) is 0.505. The van der Waals surface area contributed by atoms with E-state index in [9.17, 15) is 14.4 Å². The molecule has 0 saturated carbocycles. The lowest BCUT2D eigenvalue weighted by Crippen LogP contribution is -2.27. The second kappa shape index (κ2) is 8.49. The summed E-state index contributed by atoms with van der Waals surface area (Å²) in [7, 11) is 1.53. The van der Waals surface area contributed by atoms with E-state index in [1.807, 2.05) is 0 Å². The van der Waals surface area contributed by atoms with Crippen LogP contribution in [-0.2, 0) is 14.3 Å². The molecule has 0 heterocycles. The number of carbonyl (C=O) groups excluding carboxylic acids is 2. The number of rotatable bonds is 7. The zero-order valence-corrected chi connectivity index (χ0v) is 11.5. The van der Waals surface area contributed by atoms with Gasteiger partial charge in [-0.2, -0.15) is 0 Å². The van der Waals surface area contributed by atoms with Crippen LogP contribution in [0.15, 0.2) is 36.4 Å². The van der Waals surface area contributed by atoms with Gasteiger partial charge in [0.1, 0.15) is 0 Å². The Kier molecular flexibility index (Phi) is 6.62. The maximum atomic E-state index is 11.8. The molecule has 0 aromatic heterocycles. The first-order valence-corrected chi connectivity index (χ1v) is 6.12. The van der Waals surface area contributed by atoms with Gasteiger partial charge in [0.25, 0.3) is 5.91 Å². The van der Waals surface area contributed by atoms with Crippen molar-refractivity contribution in [3.63, 3.8) is 0 Å². The number of amides is 2. The lowest BCUT2D eigenvalue weighted by molar-refractivity contribution is -0.131. The summed E-state index contributed by atoms with van der Waals surface area (Å²) in [6, 6.07) is 6.31. The zero-order valence-electron chi connectivity index (χ0n) is 11.5. The largest absolute Gasteiger partial charge is 0.478 e. The molecule has 0 aliphatic carbocycles. The molecular formula is C14H16N2O5. The highest BCUT2D eigenvalue weighted by atomic mass is 16.5. The van der Waals surface area contributed by atoms with Crippen LogP contribution in [0.3, 0.4) is 0 Å². The van der Waals surface area contributed by atoms with E-state index >= 15 is 0 Å². The van der Waals surface area contributed by atoms with Crippen LogP contribution < -0.4 is 10.6 Å². The van der Waals surface area contributed by atoms with Crippen LogP contribution in [0.2, 0.25) is 0 Å². The summed E-state index contributed by atoms with van der Waals surface area (Å²) in [6.45, 7) is 0.787. The number of benzene rings is 1. The van der Waals surface area contributed by atoms with E-state index in [2.05, 4.69) is 10.6 Å². The summed E-state index contributed by atoms with van der Waals surface area (Å²) in [5.41, 5.74) is 0.778. The number of aliphatic carboxylic acids is 1. The molecule has 0 unspecified atom stereocenters. The molecule has 7 heteroatoms. The van der Waals surface area contributed by atoms with E-state index in [1.54, 1.807) is 18.2 Å². The molecule has 0 saturated heterocycles. The smallest absolute Gasteiger partial charge is 0.328 e. The fourth-order valence-corrected chi connectivity index (χ4v) is 1.44. The molecule has 0 atom stereocenters. The molecule has 1 aromatic rings. The highest BCUT2D eigenvalue weighted by Gasteiger charge is 2.06. The molecule has 7 nitrogen and oxygen atoms in total. The summed E-state index contributed by atoms with van der Waals surface area (Å²) < 4.78 is 4.82. The van der Waals surface area contributed by atoms with Gasteiger partial charge in [-0.15, -0.1) is 0 Å². The SMILES string of the molecule is COCCNC(=O)c1cccc(NC(=O)C=CC(=O)O)c1. The molecule has 21 heavy (non-hydrogen) atoms. The number of carbonyl (C=O) groups is 3. The summed E-state index contributed by atoms with van der Waals surface area (Å²) in [5.74, 6) is -2.09. The van der Waals surface area contributed by atoms with Crippen molar-refractivity contribution in [1.29, 1.82) is 0 Å². The lowest BCUT2D eigenvalue weighted by atomic mass is 10.2. The maximum absolute atomic E-state index is 11.8. The Bertz CT molecular complexity index is 554. The van der Waals surface area contributed by atoms with Crippen LogP contribution >= 0.6 is 0 Å². The fraction of sp³-hybridized carbons (Fsp3) is 0.214. The van der Waals surface area contributed by atoms with E-state index < -0.39 is 11.9 Å². The first-order valence-electron chi connectivity index (χ1n) is 6.12. The molecule has 1 aromatic carbocycles. The van der Waals surface area contributed by atoms with Gasteiger partial charge >= 0.3 is 5.97 Å². The summed E-state index contributed by atoms with van der Waals surface area (Å²) in [6.07, 6.45) is 1.63. The third-order valence-corrected chi connectivity index (χ3v) is 2.36. The fourth-order valence-electron chi connectivity index (χ4n) is 1.44. The molecule has 0 radical (unpaired) electrons. The minimum Gasteiger partial charge on any atom is -0.478 e. The Hall–Kier alpha value is -2.67. The van der Waals surface area contributed by atoms with E-state index in [4.69, 9.17) is 9.84 Å². The molecular weight excluding hydrogens is 276 g/mol. The minimum atomic E-state index is -1.21. The van der Waals surface area contributed by atoms with Gasteiger partial charge < -0.3 is 20.5 Å². The highest BCUT2D eigenvalue weighted by molar-refractivity contribution is 6.03. The van der Waals surface area contributed by atoms with E-state index in [-0.39, 0.29) is 5.91 Å². The molecule has 0 aliphatic rings. The monoisotopic (exact) mass is 292 g/mol. The van der Waals surface area contributed by atoms with Crippen molar-refractivity contribution in [2.24, 2.45) is 0 Å². The van der Waals surface area contributed by atoms with E-state index in [0.717, 1.165) is 12.2 Å². The molecule has 0 spiro atoms. The van der Waals surface area contributed by atoms with Crippen LogP contribution in [0, 0.1) is 0 Å². The Morgan fingerprint density at radius 2 is 2.05 bits per heavy atom. The first kappa shape index (κ1) is 16.4. The maximum Gasteiger partial charge on any atom is 0.328 e. The van der Waals surface area contributed by atoms with Gasteiger partial charge in [-0.1, -0.05) is 6.07 Å². The Morgan fingerprint density at radius 3 is 2.71 bits per heavy atom. The number of carboxylic acid groups (broad SMARTS) is 1. The number of nitrogens with one attached hydrogen (secondary N) is 2. The predicted molar refractivity (Wildman–Crippen MR) is 76.1 cm³/mol. The van der Waals surface area contributed by atoms with Crippen molar-refractivity contribution in [3.8, 4) is 0 Å². The van der Waals surface area contributed by atoms with Gasteiger partial charge in [-0.3, -0.25) is 9.59 Å². The topological polar surface area (TPSA) is 105 Å². The molecule has 0 aliphatic heterocycles. The van der Waals surface area contributed by atoms with E-state index in [1.165, 1.54) is 13.2 Å². The number of ether oxygens (including phenoxy) is 1. The van der Waals surface area contributed by atoms with Crippen LogP contribution in [-0.4, -0.2) is 43.2 Å². The van der Waals surface area contributed by atoms with Crippen molar-refractivity contribution in [1.82, 2.24) is 5.32 Å². The summed E-state index contributed by atoms with van der Waals surface area (Å²) in [4.78, 5) is 33.5. The Morgan fingerprint density at radius 1 is 1.29 bits per heavy atom. The number of carboxylic acids is 1. The third kappa shape index (κ3) is 6.35. The Labute approximate surface area is 121 Å². The van der Waals surface area contributed by atoms with Crippen molar-refractivity contribution in [3.05, 3.63) is 42.0 Å². The third-order valence-electron chi connectivity index (χ3n) is 2.36. The predicted octanol–water partition coefficient (Wildman–Crippen LogP) is 0.642. The molecule has 2 amide bonds. The zero-order chi connectivity index (χ0) is 15.7. The highest BCUT2D eigenvalue weighted by Crippen LogP contribution is 2.10. The van der Waals surface area contributed by atoms with Gasteiger partial charge in [-0.05, 0) is 18.2 Å². The normalized spacial score (nSPS) is 10.3. The van der Waals surface area contributed by atoms with Gasteiger partial charge in [0, 0.05) is 37.1 Å². The van der Waals surface area contributed by atoms with Gasteiger partial charge in [0.15, 0.2) is 0 Å². The second-order valence-corrected chi connectivity index (χ2v) is 3.99. The molecule has 112 valence electrons. The second-order valence-electron chi connectivity index (χ2n) is 3.99. The van der Waals surface area contributed by atoms with Crippen molar-refractivity contribution in [2.75, 3.05) is 25.6 Å². The minimum absolute atomic E-state index is 0.288. The van der Waals surface area contributed by atoms with Gasteiger partial charge in [0.05, 0.1) is 6.61 Å². The molecule has 0 fully saturated rings. The summed E-state index contributed by atoms with van der Waals surface area (Å²) in [5, 5.41) is 13.5. The molecule has 3 N–H and O–H groups in total. The molecule has 0 bridgehead atoms. The van der Waals surface area contributed by atoms with Crippen LogP contribution in [0.4, 0.5) is 5.69 Å². The average Bonchev–Trinajstić information content (AvgIpc) is 2.45. The van der Waals surface area contributed by atoms with Crippen molar-refractivity contribution in [2.45, 2.75) is 0 Å². The number of methoxy groups -OCH3 is 1. The van der Waals surface area contributed by atoms with Crippen molar-refractivity contribution < 1.29 is 24.2 Å². The number of hydrogen-bond donors (Lipinski definition) is 3. The van der Waals surface area contributed by atoms with Gasteiger partial charge in [0.2, 0.25) is 5.91 Å². The van der Waals surface area contributed by atoms with Crippen LogP contribution in [0.1, 0.15) is 10.4 Å². The van der Waals surface area contributed by atoms with E-state index in [0.29, 0.717) is 24.4 Å². The lowest BCUT2D eigenvalue weighted by Gasteiger charge is -2.07. The molecule has 1 rings (SSSR count). The number of anilines is 1. The van der Waals surface area contributed by atoms with Crippen molar-refractivity contribution >= 4 is 23.5 Å². The Balaban J connectivity index is 2.65. The van der Waals surface area contributed by atoms with Gasteiger partial charge in [-0.25, -0.2) is 4.79 Å². The summed E-state index contributed by atoms with van der Waals surface area (Å²) >= 11 is 0.